The number of carbonyl (C=O) groups is 1. The molecule has 3 N–H and O–H groups in total. The van der Waals surface area contributed by atoms with Gasteiger partial charge in [-0.25, -0.2) is 0 Å². The van der Waals surface area contributed by atoms with Crippen LogP contribution in [0.2, 0.25) is 0 Å². The number of carbonyl (C=O) groups excluding carboxylic acids is 1. The van der Waals surface area contributed by atoms with Crippen LogP contribution in [-0.4, -0.2) is 30.7 Å². The highest BCUT2D eigenvalue weighted by Crippen LogP contribution is 2.18. The van der Waals surface area contributed by atoms with E-state index < -0.39 is 5.54 Å². The standard InChI is InChI=1S/C12H24N2O2/c1-9(2)12(3,11(13)15)14-7-6-10-5-4-8-16-10/h9-10,14H,4-8H2,1-3H3,(H2,13,15). The molecular weight excluding hydrogens is 204 g/mol. The van der Waals surface area contributed by atoms with Crippen molar-refractivity contribution in [2.45, 2.75) is 51.7 Å². The number of hydrogen-bond donors (Lipinski definition) is 2. The number of hydrogen-bond acceptors (Lipinski definition) is 3. The molecule has 1 amide bonds. The van der Waals surface area contributed by atoms with Gasteiger partial charge in [-0.05, 0) is 38.6 Å². The number of ether oxygens (including phenoxy) is 1. The van der Waals surface area contributed by atoms with Crippen LogP contribution in [0.25, 0.3) is 0 Å². The Morgan fingerprint density at radius 1 is 1.62 bits per heavy atom. The number of nitrogens with two attached hydrogens (primary N) is 1. The quantitative estimate of drug-likeness (QED) is 0.714. The van der Waals surface area contributed by atoms with E-state index in [0.29, 0.717) is 6.10 Å². The van der Waals surface area contributed by atoms with Crippen LogP contribution >= 0.6 is 0 Å². The van der Waals surface area contributed by atoms with E-state index in [1.807, 2.05) is 20.8 Å². The van der Waals surface area contributed by atoms with Crippen LogP contribution in [0.15, 0.2) is 0 Å². The topological polar surface area (TPSA) is 64.3 Å². The van der Waals surface area contributed by atoms with Crippen LogP contribution < -0.4 is 11.1 Å². The molecule has 0 aromatic rings. The lowest BCUT2D eigenvalue weighted by Crippen LogP contribution is -2.57. The molecule has 0 aromatic carbocycles. The van der Waals surface area contributed by atoms with Crippen LogP contribution in [0.3, 0.4) is 0 Å². The number of rotatable bonds is 6. The Morgan fingerprint density at radius 2 is 2.31 bits per heavy atom. The smallest absolute Gasteiger partial charge is 0.237 e. The summed E-state index contributed by atoms with van der Waals surface area (Å²) in [6, 6.07) is 0. The highest BCUT2D eigenvalue weighted by molar-refractivity contribution is 5.84. The molecular formula is C12H24N2O2. The lowest BCUT2D eigenvalue weighted by molar-refractivity contribution is -0.125. The fourth-order valence-corrected chi connectivity index (χ4v) is 1.94. The fraction of sp³-hybridized carbons (Fsp3) is 0.917. The Labute approximate surface area is 97.9 Å². The van der Waals surface area contributed by atoms with Gasteiger partial charge in [0.25, 0.3) is 0 Å². The molecule has 0 aliphatic carbocycles. The normalized spacial score (nSPS) is 24.6. The highest BCUT2D eigenvalue weighted by Gasteiger charge is 2.34. The molecule has 0 aromatic heterocycles. The van der Waals surface area contributed by atoms with Gasteiger partial charge in [-0.1, -0.05) is 13.8 Å². The zero-order valence-corrected chi connectivity index (χ0v) is 10.6. The van der Waals surface area contributed by atoms with Gasteiger partial charge in [0.1, 0.15) is 0 Å². The maximum absolute atomic E-state index is 11.4. The lowest BCUT2D eigenvalue weighted by Gasteiger charge is -2.32. The van der Waals surface area contributed by atoms with Gasteiger partial charge in [0.15, 0.2) is 0 Å². The average molecular weight is 228 g/mol. The first kappa shape index (κ1) is 13.5. The monoisotopic (exact) mass is 228 g/mol. The van der Waals surface area contributed by atoms with Gasteiger partial charge in [0.2, 0.25) is 5.91 Å². The number of primary amides is 1. The summed E-state index contributed by atoms with van der Waals surface area (Å²) in [5.74, 6) is -0.0932. The van der Waals surface area contributed by atoms with E-state index in [1.165, 1.54) is 0 Å². The van der Waals surface area contributed by atoms with Gasteiger partial charge in [0.05, 0.1) is 11.6 Å². The van der Waals surface area contributed by atoms with Gasteiger partial charge < -0.3 is 15.8 Å². The lowest BCUT2D eigenvalue weighted by atomic mass is 9.87. The van der Waals surface area contributed by atoms with Crippen molar-refractivity contribution in [3.63, 3.8) is 0 Å². The highest BCUT2D eigenvalue weighted by atomic mass is 16.5. The van der Waals surface area contributed by atoms with E-state index in [2.05, 4.69) is 5.32 Å². The van der Waals surface area contributed by atoms with Crippen molar-refractivity contribution in [3.05, 3.63) is 0 Å². The molecule has 4 nitrogen and oxygen atoms in total. The van der Waals surface area contributed by atoms with Gasteiger partial charge >= 0.3 is 0 Å². The first-order chi connectivity index (χ1) is 7.47. The molecule has 0 saturated carbocycles. The average Bonchev–Trinajstić information content (AvgIpc) is 2.69. The summed E-state index contributed by atoms with van der Waals surface area (Å²) < 4.78 is 5.53. The van der Waals surface area contributed by atoms with Crippen molar-refractivity contribution in [1.29, 1.82) is 0 Å². The Morgan fingerprint density at radius 3 is 2.75 bits per heavy atom. The summed E-state index contributed by atoms with van der Waals surface area (Å²) in [6.07, 6.45) is 3.60. The Balaban J connectivity index is 2.35. The van der Waals surface area contributed by atoms with Crippen LogP contribution in [0.5, 0.6) is 0 Å². The molecule has 1 heterocycles. The number of amides is 1. The largest absolute Gasteiger partial charge is 0.378 e. The SMILES string of the molecule is CC(C)C(C)(NCCC1CCCO1)C(N)=O. The van der Waals surface area contributed by atoms with Crippen LogP contribution in [0.4, 0.5) is 0 Å². The maximum Gasteiger partial charge on any atom is 0.237 e. The van der Waals surface area contributed by atoms with Crippen LogP contribution in [0.1, 0.15) is 40.0 Å². The second-order valence-corrected chi connectivity index (χ2v) is 5.07. The molecule has 1 fully saturated rings. The van der Waals surface area contributed by atoms with E-state index >= 15 is 0 Å². The minimum atomic E-state index is -0.612. The van der Waals surface area contributed by atoms with E-state index in [4.69, 9.17) is 10.5 Å². The minimum Gasteiger partial charge on any atom is -0.378 e. The Kier molecular flexibility index (Phi) is 4.74. The molecule has 1 aliphatic rings. The van der Waals surface area contributed by atoms with Gasteiger partial charge in [-0.2, -0.15) is 0 Å². The predicted molar refractivity (Wildman–Crippen MR) is 64.0 cm³/mol. The first-order valence-corrected chi connectivity index (χ1v) is 6.13. The molecule has 1 saturated heterocycles. The third-order valence-electron chi connectivity index (χ3n) is 3.65. The molecule has 1 rings (SSSR count). The zero-order valence-electron chi connectivity index (χ0n) is 10.6. The summed E-state index contributed by atoms with van der Waals surface area (Å²) in [6.45, 7) is 7.54. The van der Waals surface area contributed by atoms with Crippen molar-refractivity contribution < 1.29 is 9.53 Å². The first-order valence-electron chi connectivity index (χ1n) is 6.13. The third-order valence-corrected chi connectivity index (χ3v) is 3.65. The maximum atomic E-state index is 11.4. The predicted octanol–water partition coefficient (Wildman–Crippen LogP) is 1.05. The molecule has 0 radical (unpaired) electrons. The Hall–Kier alpha value is -0.610. The van der Waals surface area contributed by atoms with Crippen molar-refractivity contribution >= 4 is 5.91 Å². The van der Waals surface area contributed by atoms with E-state index in [9.17, 15) is 4.79 Å². The zero-order chi connectivity index (χ0) is 12.2. The number of nitrogens with one attached hydrogen (secondary N) is 1. The van der Waals surface area contributed by atoms with Crippen molar-refractivity contribution in [2.75, 3.05) is 13.2 Å². The molecule has 0 bridgehead atoms. The summed E-state index contributed by atoms with van der Waals surface area (Å²) in [5.41, 5.74) is 4.82. The minimum absolute atomic E-state index is 0.189. The van der Waals surface area contributed by atoms with Crippen LogP contribution in [-0.2, 0) is 9.53 Å². The summed E-state index contributed by atoms with van der Waals surface area (Å²) in [5, 5.41) is 3.27. The molecule has 16 heavy (non-hydrogen) atoms. The van der Waals surface area contributed by atoms with E-state index in [-0.39, 0.29) is 11.8 Å². The van der Waals surface area contributed by atoms with Crippen LogP contribution in [0, 0.1) is 5.92 Å². The fourth-order valence-electron chi connectivity index (χ4n) is 1.94. The van der Waals surface area contributed by atoms with Crippen molar-refractivity contribution in [2.24, 2.45) is 11.7 Å². The van der Waals surface area contributed by atoms with Crippen molar-refractivity contribution in [1.82, 2.24) is 5.32 Å². The van der Waals surface area contributed by atoms with Gasteiger partial charge in [-0.15, -0.1) is 0 Å². The molecule has 4 heteroatoms. The molecule has 1 aliphatic heterocycles. The van der Waals surface area contributed by atoms with E-state index in [1.54, 1.807) is 0 Å². The Bertz CT molecular complexity index is 237. The second-order valence-electron chi connectivity index (χ2n) is 5.07. The molecule has 94 valence electrons. The summed E-state index contributed by atoms with van der Waals surface area (Å²) in [4.78, 5) is 11.4. The summed E-state index contributed by atoms with van der Waals surface area (Å²) in [7, 11) is 0. The van der Waals surface area contributed by atoms with Gasteiger partial charge in [0, 0.05) is 6.61 Å². The molecule has 0 spiro atoms. The molecule has 2 atom stereocenters. The molecule has 2 unspecified atom stereocenters. The van der Waals surface area contributed by atoms with Crippen molar-refractivity contribution in [3.8, 4) is 0 Å². The second kappa shape index (κ2) is 5.64. The summed E-state index contributed by atoms with van der Waals surface area (Å²) >= 11 is 0. The van der Waals surface area contributed by atoms with Gasteiger partial charge in [-0.3, -0.25) is 4.79 Å². The third kappa shape index (κ3) is 3.19. The van der Waals surface area contributed by atoms with E-state index in [0.717, 1.165) is 32.4 Å².